The maximum absolute atomic E-state index is 15.3. The Hall–Kier alpha value is -5.02. The van der Waals surface area contributed by atoms with Crippen molar-refractivity contribution in [1.29, 1.82) is 0 Å². The van der Waals surface area contributed by atoms with Crippen LogP contribution in [0, 0.1) is 13.8 Å². The summed E-state index contributed by atoms with van der Waals surface area (Å²) in [7, 11) is 0. The number of Topliss-reactive ketones (excluding diaryl/α,β-unsaturated/α-hetero) is 1. The molecule has 0 saturated carbocycles. The van der Waals surface area contributed by atoms with E-state index in [0.717, 1.165) is 39.2 Å². The number of rotatable bonds is 4. The summed E-state index contributed by atoms with van der Waals surface area (Å²) in [5, 5.41) is 7.35. The van der Waals surface area contributed by atoms with Gasteiger partial charge in [-0.2, -0.15) is 5.10 Å². The molecule has 41 heavy (non-hydrogen) atoms. The molecule has 0 bridgehead atoms. The lowest BCUT2D eigenvalue weighted by Gasteiger charge is -2.38. The molecule has 3 nitrogen and oxygen atoms in total. The van der Waals surface area contributed by atoms with Crippen LogP contribution in [0.15, 0.2) is 139 Å². The molecule has 2 aliphatic rings. The molecule has 198 valence electrons. The maximum atomic E-state index is 15.3. The number of fused-ring (bicyclic) bond motifs is 2. The molecule has 0 amide bonds. The highest BCUT2D eigenvalue weighted by Crippen LogP contribution is 2.58. The van der Waals surface area contributed by atoms with E-state index in [1.807, 2.05) is 71.7 Å². The van der Waals surface area contributed by atoms with Crippen molar-refractivity contribution >= 4 is 28.8 Å². The Morgan fingerprint density at radius 1 is 0.683 bits per heavy atom. The van der Waals surface area contributed by atoms with Gasteiger partial charge in [0.1, 0.15) is 0 Å². The van der Waals surface area contributed by atoms with Gasteiger partial charge in [-0.15, -0.1) is 0 Å². The number of aryl methyl sites for hydroxylation is 2. The van der Waals surface area contributed by atoms with Crippen LogP contribution in [0.5, 0.6) is 0 Å². The third kappa shape index (κ3) is 3.96. The van der Waals surface area contributed by atoms with Gasteiger partial charge in [0.05, 0.1) is 17.3 Å². The maximum Gasteiger partial charge on any atom is 0.196 e. The number of nitrogens with zero attached hydrogens (tertiary/aromatic N) is 2. The Kier molecular flexibility index (Phi) is 6.01. The number of hydrogen-bond acceptors (Lipinski definition) is 3. The van der Waals surface area contributed by atoms with Crippen molar-refractivity contribution in [3.8, 4) is 0 Å². The molecule has 1 spiro atoms. The lowest BCUT2D eigenvalue weighted by molar-refractivity contribution is -0.118. The zero-order chi connectivity index (χ0) is 28.0. The van der Waals surface area contributed by atoms with Crippen molar-refractivity contribution in [3.05, 3.63) is 172 Å². The number of ketones is 1. The van der Waals surface area contributed by atoms with Crippen LogP contribution in [-0.2, 0) is 10.3 Å². The minimum absolute atomic E-state index is 0.0587. The Bertz CT molecular complexity index is 1800. The second-order valence-corrected chi connectivity index (χ2v) is 11.0. The standard InChI is InChI=1S/C38H30N2O/c1-26-17-21-28(22-18-26)25-33-32-15-9-10-16-34(32)38(37(33)41)35(29-23-19-27(2)20-24-29)36(30-11-5-3-6-12-30)39-40(38)31-13-7-4-8-14-31/h3-25,35H,1-2H3/b33-25+/t35-,38+/m1/s1. The monoisotopic (exact) mass is 530 g/mol. The molecule has 3 heteroatoms. The quantitative estimate of drug-likeness (QED) is 0.219. The summed E-state index contributed by atoms with van der Waals surface area (Å²) in [5.74, 6) is -0.272. The van der Waals surface area contributed by atoms with Gasteiger partial charge in [-0.1, -0.05) is 132 Å². The number of carbonyl (C=O) groups excluding carboxylic acids is 1. The van der Waals surface area contributed by atoms with Crippen LogP contribution in [0.1, 0.15) is 44.9 Å². The number of carbonyl (C=O) groups is 1. The van der Waals surface area contributed by atoms with Crippen molar-refractivity contribution in [1.82, 2.24) is 0 Å². The summed E-state index contributed by atoms with van der Waals surface area (Å²) in [6.07, 6.45) is 2.05. The van der Waals surface area contributed by atoms with Crippen LogP contribution in [0.4, 0.5) is 5.69 Å². The molecule has 0 fully saturated rings. The van der Waals surface area contributed by atoms with Gasteiger partial charge >= 0.3 is 0 Å². The molecule has 0 saturated heterocycles. The Morgan fingerprint density at radius 3 is 1.95 bits per heavy atom. The van der Waals surface area contributed by atoms with Crippen LogP contribution in [0.3, 0.4) is 0 Å². The average Bonchev–Trinajstić information content (AvgIpc) is 3.49. The van der Waals surface area contributed by atoms with Gasteiger partial charge in [0, 0.05) is 5.57 Å². The highest BCUT2D eigenvalue weighted by Gasteiger charge is 2.63. The molecule has 5 aromatic rings. The molecule has 2 atom stereocenters. The van der Waals surface area contributed by atoms with Crippen molar-refractivity contribution in [2.45, 2.75) is 25.3 Å². The predicted molar refractivity (Wildman–Crippen MR) is 168 cm³/mol. The van der Waals surface area contributed by atoms with Crippen LogP contribution in [0.2, 0.25) is 0 Å². The third-order valence-electron chi connectivity index (χ3n) is 8.32. The van der Waals surface area contributed by atoms with E-state index in [2.05, 4.69) is 86.6 Å². The minimum atomic E-state index is -1.09. The highest BCUT2D eigenvalue weighted by atomic mass is 16.1. The SMILES string of the molecule is Cc1ccc(/C=C2/C(=O)[C@]3(c4ccccc42)[C@H](c2ccc(C)cc2)C(c2ccccc2)=NN3c2ccccc2)cc1. The normalized spacial score (nSPS) is 20.5. The molecular formula is C38H30N2O. The van der Waals surface area contributed by atoms with E-state index in [4.69, 9.17) is 5.10 Å². The Morgan fingerprint density at radius 2 is 1.27 bits per heavy atom. The summed E-state index contributed by atoms with van der Waals surface area (Å²) in [4.78, 5) is 15.3. The Balaban J connectivity index is 1.55. The van der Waals surface area contributed by atoms with Gasteiger partial charge in [-0.3, -0.25) is 4.79 Å². The van der Waals surface area contributed by atoms with Crippen LogP contribution in [-0.4, -0.2) is 11.5 Å². The predicted octanol–water partition coefficient (Wildman–Crippen LogP) is 8.33. The number of hydrazone groups is 1. The van der Waals surface area contributed by atoms with E-state index in [0.29, 0.717) is 5.57 Å². The van der Waals surface area contributed by atoms with E-state index in [1.54, 1.807) is 0 Å². The first kappa shape index (κ1) is 25.0. The fourth-order valence-electron chi connectivity index (χ4n) is 6.36. The summed E-state index contributed by atoms with van der Waals surface area (Å²) < 4.78 is 0. The molecular weight excluding hydrogens is 500 g/mol. The number of hydrogen-bond donors (Lipinski definition) is 0. The van der Waals surface area contributed by atoms with E-state index < -0.39 is 5.54 Å². The van der Waals surface area contributed by atoms with E-state index in [-0.39, 0.29) is 11.7 Å². The second kappa shape index (κ2) is 9.87. The molecule has 0 radical (unpaired) electrons. The molecule has 1 aliphatic carbocycles. The zero-order valence-corrected chi connectivity index (χ0v) is 23.2. The topological polar surface area (TPSA) is 32.7 Å². The van der Waals surface area contributed by atoms with Gasteiger partial charge in [0.25, 0.3) is 0 Å². The molecule has 5 aromatic carbocycles. The zero-order valence-electron chi connectivity index (χ0n) is 23.2. The van der Waals surface area contributed by atoms with Gasteiger partial charge in [0.2, 0.25) is 0 Å². The molecule has 0 unspecified atom stereocenters. The molecule has 0 aromatic heterocycles. The first-order valence-corrected chi connectivity index (χ1v) is 14.1. The molecule has 0 N–H and O–H groups in total. The van der Waals surface area contributed by atoms with Crippen molar-refractivity contribution in [2.24, 2.45) is 5.10 Å². The Labute approximate surface area is 241 Å². The average molecular weight is 531 g/mol. The van der Waals surface area contributed by atoms with E-state index in [9.17, 15) is 0 Å². The van der Waals surface area contributed by atoms with Gasteiger partial charge in [-0.25, -0.2) is 5.01 Å². The van der Waals surface area contributed by atoms with Crippen LogP contribution in [0.25, 0.3) is 11.6 Å². The first-order valence-electron chi connectivity index (χ1n) is 14.1. The van der Waals surface area contributed by atoms with Gasteiger partial charge < -0.3 is 0 Å². The first-order chi connectivity index (χ1) is 20.1. The van der Waals surface area contributed by atoms with Crippen molar-refractivity contribution in [2.75, 3.05) is 5.01 Å². The van der Waals surface area contributed by atoms with E-state index in [1.165, 1.54) is 11.1 Å². The summed E-state index contributed by atoms with van der Waals surface area (Å²) >= 11 is 0. The highest BCUT2D eigenvalue weighted by molar-refractivity contribution is 6.36. The summed E-state index contributed by atoms with van der Waals surface area (Å²) in [6, 6.07) is 45.6. The summed E-state index contributed by atoms with van der Waals surface area (Å²) in [5.41, 5.74) is 8.78. The van der Waals surface area contributed by atoms with Crippen molar-refractivity contribution in [3.63, 3.8) is 0 Å². The number of benzene rings is 5. The number of anilines is 1. The van der Waals surface area contributed by atoms with Gasteiger partial charge in [-0.05, 0) is 59.9 Å². The van der Waals surface area contributed by atoms with Gasteiger partial charge in [0.15, 0.2) is 11.3 Å². The number of para-hydroxylation sites is 1. The molecule has 7 rings (SSSR count). The molecule has 1 aliphatic heterocycles. The van der Waals surface area contributed by atoms with Crippen molar-refractivity contribution < 1.29 is 4.79 Å². The largest absolute Gasteiger partial charge is 0.291 e. The second-order valence-electron chi connectivity index (χ2n) is 11.0. The molecule has 1 heterocycles. The fraction of sp³-hybridized carbons (Fsp3) is 0.105. The summed E-state index contributed by atoms with van der Waals surface area (Å²) in [6.45, 7) is 4.17. The lowest BCUT2D eigenvalue weighted by Crippen LogP contribution is -2.49. The lowest BCUT2D eigenvalue weighted by atomic mass is 9.71. The fourth-order valence-corrected chi connectivity index (χ4v) is 6.36. The minimum Gasteiger partial charge on any atom is -0.291 e. The van der Waals surface area contributed by atoms with Crippen LogP contribution >= 0.6 is 0 Å². The third-order valence-corrected chi connectivity index (χ3v) is 8.32. The van der Waals surface area contributed by atoms with Crippen LogP contribution < -0.4 is 5.01 Å². The smallest absolute Gasteiger partial charge is 0.196 e. The van der Waals surface area contributed by atoms with E-state index >= 15 is 4.79 Å².